The van der Waals surface area contributed by atoms with E-state index in [2.05, 4.69) is 12.2 Å². The standard InChI is InChI=1S/C25H31F3N2O2/c1-16-22-14-18(17-3-2-4-19(13-17)25(26,27)28)6-10-30(22)23(31)24(16)9-5-21(15-24)29-20-7-11-32-12-8-20/h2-4,6,13,16,20-22,29H,5,7-12,14-15H2,1H3/t16?,21?,22?,24-/m0/s1. The van der Waals surface area contributed by atoms with Crippen LogP contribution >= 0.6 is 0 Å². The molecule has 1 aromatic carbocycles. The molecular formula is C25H31F3N2O2. The summed E-state index contributed by atoms with van der Waals surface area (Å²) in [6, 6.07) is 6.44. The minimum Gasteiger partial charge on any atom is -0.381 e. The third kappa shape index (κ3) is 3.77. The van der Waals surface area contributed by atoms with Gasteiger partial charge in [0.2, 0.25) is 5.91 Å². The van der Waals surface area contributed by atoms with Crippen LogP contribution in [-0.4, -0.2) is 48.7 Å². The monoisotopic (exact) mass is 448 g/mol. The summed E-state index contributed by atoms with van der Waals surface area (Å²) in [7, 11) is 0. The number of carbonyl (C=O) groups is 1. The van der Waals surface area contributed by atoms with Gasteiger partial charge in [-0.25, -0.2) is 0 Å². The number of fused-ring (bicyclic) bond motifs is 1. The molecular weight excluding hydrogens is 417 g/mol. The predicted molar refractivity (Wildman–Crippen MR) is 116 cm³/mol. The van der Waals surface area contributed by atoms with Crippen molar-refractivity contribution in [3.05, 3.63) is 41.5 Å². The van der Waals surface area contributed by atoms with Gasteiger partial charge in [-0.3, -0.25) is 4.79 Å². The van der Waals surface area contributed by atoms with E-state index in [-0.39, 0.29) is 23.3 Å². The van der Waals surface area contributed by atoms with Crippen molar-refractivity contribution in [1.29, 1.82) is 0 Å². The quantitative estimate of drug-likeness (QED) is 0.732. The summed E-state index contributed by atoms with van der Waals surface area (Å²) in [5.74, 6) is 0.427. The van der Waals surface area contributed by atoms with E-state index >= 15 is 0 Å². The van der Waals surface area contributed by atoms with E-state index in [1.165, 1.54) is 12.1 Å². The fraction of sp³-hybridized carbons (Fsp3) is 0.640. The van der Waals surface area contributed by atoms with Crippen molar-refractivity contribution >= 4 is 11.5 Å². The van der Waals surface area contributed by atoms with Gasteiger partial charge in [0.25, 0.3) is 0 Å². The molecule has 4 aliphatic rings. The van der Waals surface area contributed by atoms with Crippen LogP contribution in [-0.2, 0) is 15.7 Å². The normalized spacial score (nSPS) is 33.6. The molecule has 1 aromatic rings. The van der Waals surface area contributed by atoms with E-state index in [1.807, 2.05) is 11.0 Å². The van der Waals surface area contributed by atoms with Gasteiger partial charge in [0.05, 0.1) is 11.0 Å². The van der Waals surface area contributed by atoms with Gasteiger partial charge in [-0.15, -0.1) is 0 Å². The summed E-state index contributed by atoms with van der Waals surface area (Å²) in [6.07, 6.45) is 3.00. The van der Waals surface area contributed by atoms with Crippen molar-refractivity contribution in [1.82, 2.24) is 10.2 Å². The van der Waals surface area contributed by atoms with Crippen LogP contribution in [0.5, 0.6) is 0 Å². The van der Waals surface area contributed by atoms with E-state index in [0.717, 1.165) is 57.0 Å². The lowest BCUT2D eigenvalue weighted by Gasteiger charge is -2.32. The number of hydrogen-bond donors (Lipinski definition) is 1. The van der Waals surface area contributed by atoms with Crippen LogP contribution in [0.15, 0.2) is 30.3 Å². The Bertz CT molecular complexity index is 909. The summed E-state index contributed by atoms with van der Waals surface area (Å²) < 4.78 is 45.0. The number of amides is 1. The first-order chi connectivity index (χ1) is 15.3. The maximum atomic E-state index is 13.5. The van der Waals surface area contributed by atoms with Crippen molar-refractivity contribution in [2.75, 3.05) is 19.8 Å². The highest BCUT2D eigenvalue weighted by molar-refractivity contribution is 5.88. The van der Waals surface area contributed by atoms with Crippen molar-refractivity contribution in [3.63, 3.8) is 0 Å². The van der Waals surface area contributed by atoms with Gasteiger partial charge in [-0.1, -0.05) is 25.1 Å². The average Bonchev–Trinajstić information content (AvgIpc) is 3.30. The van der Waals surface area contributed by atoms with Gasteiger partial charge in [-0.2, -0.15) is 13.2 Å². The van der Waals surface area contributed by atoms with E-state index in [9.17, 15) is 18.0 Å². The number of hydrogen-bond acceptors (Lipinski definition) is 3. The molecule has 1 spiro atoms. The second-order valence-electron chi connectivity index (χ2n) is 9.97. The number of nitrogens with one attached hydrogen (secondary N) is 1. The number of nitrogens with zero attached hydrogens (tertiary/aromatic N) is 1. The molecule has 3 heterocycles. The molecule has 32 heavy (non-hydrogen) atoms. The van der Waals surface area contributed by atoms with Gasteiger partial charge in [0.1, 0.15) is 0 Å². The fourth-order valence-electron chi connectivity index (χ4n) is 6.45. The van der Waals surface area contributed by atoms with Crippen molar-refractivity contribution in [3.8, 4) is 0 Å². The van der Waals surface area contributed by atoms with Gasteiger partial charge in [-0.05, 0) is 67.7 Å². The number of halogens is 3. The maximum absolute atomic E-state index is 13.5. The van der Waals surface area contributed by atoms with Gasteiger partial charge >= 0.3 is 6.18 Å². The molecule has 2 saturated heterocycles. The van der Waals surface area contributed by atoms with Gasteiger partial charge in [0, 0.05) is 37.9 Å². The zero-order chi connectivity index (χ0) is 22.5. The summed E-state index contributed by atoms with van der Waals surface area (Å²) in [5, 5.41) is 3.78. The average molecular weight is 449 g/mol. The Labute approximate surface area is 187 Å². The highest BCUT2D eigenvalue weighted by Gasteiger charge is 2.59. The Morgan fingerprint density at radius 3 is 2.69 bits per heavy atom. The molecule has 4 atom stereocenters. The van der Waals surface area contributed by atoms with Crippen molar-refractivity contribution in [2.45, 2.75) is 69.8 Å². The largest absolute Gasteiger partial charge is 0.416 e. The summed E-state index contributed by atoms with van der Waals surface area (Å²) in [5.41, 5.74) is 0.572. The maximum Gasteiger partial charge on any atom is 0.416 e. The lowest BCUT2D eigenvalue weighted by atomic mass is 9.73. The molecule has 1 saturated carbocycles. The molecule has 0 radical (unpaired) electrons. The van der Waals surface area contributed by atoms with Crippen LogP contribution in [0.1, 0.15) is 56.6 Å². The molecule has 3 fully saturated rings. The molecule has 0 bridgehead atoms. The smallest absolute Gasteiger partial charge is 0.381 e. The summed E-state index contributed by atoms with van der Waals surface area (Å²) in [6.45, 7) is 4.25. The molecule has 1 N–H and O–H groups in total. The number of alkyl halides is 3. The van der Waals surface area contributed by atoms with Crippen LogP contribution in [0.4, 0.5) is 13.2 Å². The number of ether oxygens (including phenoxy) is 1. The molecule has 7 heteroatoms. The Morgan fingerprint density at radius 2 is 1.94 bits per heavy atom. The summed E-state index contributed by atoms with van der Waals surface area (Å²) in [4.78, 5) is 15.5. The van der Waals surface area contributed by atoms with Crippen LogP contribution in [0.25, 0.3) is 5.57 Å². The highest BCUT2D eigenvalue weighted by Crippen LogP contribution is 2.55. The predicted octanol–water partition coefficient (Wildman–Crippen LogP) is 4.65. The van der Waals surface area contributed by atoms with E-state index in [4.69, 9.17) is 4.74 Å². The fourth-order valence-corrected chi connectivity index (χ4v) is 6.45. The van der Waals surface area contributed by atoms with Crippen LogP contribution < -0.4 is 5.32 Å². The SMILES string of the molecule is CC1C2CC(c3cccc(C(F)(F)F)c3)=CCN2C(=O)[C@]12CCC(NC1CCOCC1)C2. The third-order valence-corrected chi connectivity index (χ3v) is 8.30. The van der Waals surface area contributed by atoms with Crippen molar-refractivity contribution < 1.29 is 22.7 Å². The number of carbonyl (C=O) groups excluding carboxylic acids is 1. The molecule has 1 aliphatic carbocycles. The zero-order valence-electron chi connectivity index (χ0n) is 18.5. The topological polar surface area (TPSA) is 41.6 Å². The molecule has 174 valence electrons. The Hall–Kier alpha value is -1.86. The van der Waals surface area contributed by atoms with Crippen LogP contribution in [0.2, 0.25) is 0 Å². The van der Waals surface area contributed by atoms with Crippen molar-refractivity contribution in [2.24, 2.45) is 11.3 Å². The molecule has 3 unspecified atom stereocenters. The Balaban J connectivity index is 1.31. The molecule has 5 rings (SSSR count). The molecule has 0 aromatic heterocycles. The second kappa shape index (κ2) is 8.17. The molecule has 1 amide bonds. The van der Waals surface area contributed by atoms with E-state index < -0.39 is 11.7 Å². The number of rotatable bonds is 3. The van der Waals surface area contributed by atoms with E-state index in [1.54, 1.807) is 6.07 Å². The highest BCUT2D eigenvalue weighted by atomic mass is 19.4. The minimum atomic E-state index is -4.35. The molecule has 3 aliphatic heterocycles. The van der Waals surface area contributed by atoms with Gasteiger partial charge in [0.15, 0.2) is 0 Å². The zero-order valence-corrected chi connectivity index (χ0v) is 18.5. The first-order valence-electron chi connectivity index (χ1n) is 11.8. The Morgan fingerprint density at radius 1 is 1.16 bits per heavy atom. The Kier molecular flexibility index (Phi) is 5.61. The number of benzene rings is 1. The van der Waals surface area contributed by atoms with E-state index in [0.29, 0.717) is 30.6 Å². The van der Waals surface area contributed by atoms with Crippen LogP contribution in [0, 0.1) is 11.3 Å². The lowest BCUT2D eigenvalue weighted by molar-refractivity contribution is -0.138. The first-order valence-corrected chi connectivity index (χ1v) is 11.8. The third-order valence-electron chi connectivity index (χ3n) is 8.30. The second-order valence-corrected chi connectivity index (χ2v) is 9.97. The lowest BCUT2D eigenvalue weighted by Crippen LogP contribution is -2.42. The summed E-state index contributed by atoms with van der Waals surface area (Å²) >= 11 is 0. The van der Waals surface area contributed by atoms with Gasteiger partial charge < -0.3 is 15.0 Å². The molecule has 4 nitrogen and oxygen atoms in total. The minimum absolute atomic E-state index is 0.0545. The van der Waals surface area contributed by atoms with Crippen LogP contribution in [0.3, 0.4) is 0 Å². The first kappa shape index (κ1) is 22.0.